The maximum absolute atomic E-state index is 6.39. The minimum absolute atomic E-state index is 0.482. The van der Waals surface area contributed by atoms with Crippen molar-refractivity contribution in [1.29, 1.82) is 0 Å². The molecule has 0 saturated heterocycles. The Morgan fingerprint density at radius 3 is 2.55 bits per heavy atom. The molecule has 0 saturated carbocycles. The zero-order chi connectivity index (χ0) is 20.5. The quantitative estimate of drug-likeness (QED) is 0.867. The van der Waals surface area contributed by atoms with Gasteiger partial charge >= 0.3 is 0 Å². The van der Waals surface area contributed by atoms with Gasteiger partial charge in [-0.25, -0.2) is 4.99 Å². The van der Waals surface area contributed by atoms with Gasteiger partial charge < -0.3 is 20.1 Å². The molecule has 1 unspecified atom stereocenters. The minimum Gasteiger partial charge on any atom is -0.496 e. The van der Waals surface area contributed by atoms with Gasteiger partial charge in [-0.1, -0.05) is 42.0 Å². The van der Waals surface area contributed by atoms with Crippen molar-refractivity contribution < 1.29 is 9.47 Å². The van der Waals surface area contributed by atoms with Crippen molar-refractivity contribution in [3.8, 4) is 5.75 Å². The number of rotatable bonds is 4. The van der Waals surface area contributed by atoms with E-state index in [1.54, 1.807) is 12.1 Å². The lowest BCUT2D eigenvalue weighted by Crippen LogP contribution is -2.39. The third-order valence-corrected chi connectivity index (χ3v) is 5.08. The summed E-state index contributed by atoms with van der Waals surface area (Å²) in [6, 6.07) is 16.0. The summed E-state index contributed by atoms with van der Waals surface area (Å²) in [5.41, 5.74) is 11.0. The Balaban J connectivity index is 1.66. The zero-order valence-corrected chi connectivity index (χ0v) is 17.1. The van der Waals surface area contributed by atoms with Crippen LogP contribution < -0.4 is 10.5 Å². The predicted octanol–water partition coefficient (Wildman–Crippen LogP) is 2.52. The normalized spacial score (nSPS) is 19.1. The molecular weight excluding hydrogens is 366 g/mol. The number of hydrogen-bond acceptors (Lipinski definition) is 7. The summed E-state index contributed by atoms with van der Waals surface area (Å²) in [6.45, 7) is 2.70. The van der Waals surface area contributed by atoms with E-state index < -0.39 is 6.23 Å². The van der Waals surface area contributed by atoms with Gasteiger partial charge in [0.1, 0.15) is 17.3 Å². The largest absolute Gasteiger partial charge is 0.496 e. The summed E-state index contributed by atoms with van der Waals surface area (Å²) < 4.78 is 11.6. The van der Waals surface area contributed by atoms with Crippen LogP contribution in [0.4, 0.5) is 0 Å². The molecule has 2 aliphatic heterocycles. The Morgan fingerprint density at radius 1 is 1.10 bits per heavy atom. The standard InChI is InChI=1S/C22H25N5O2/c1-14-9-11-15(12-10-14)17-13-26(2)20(23)19(24-17)22-27(3)25-21(29-22)16-7-5-6-8-18(16)28-4/h5-12,22H,13,23H2,1-4H3. The second-order valence-electron chi connectivity index (χ2n) is 7.20. The van der Waals surface area contributed by atoms with E-state index in [1.807, 2.05) is 43.3 Å². The van der Waals surface area contributed by atoms with Crippen molar-refractivity contribution in [2.45, 2.75) is 13.2 Å². The summed E-state index contributed by atoms with van der Waals surface area (Å²) >= 11 is 0. The summed E-state index contributed by atoms with van der Waals surface area (Å²) in [7, 11) is 5.43. The van der Waals surface area contributed by atoms with E-state index in [-0.39, 0.29) is 0 Å². The highest BCUT2D eigenvalue weighted by atomic mass is 16.5. The van der Waals surface area contributed by atoms with Crippen LogP contribution in [0, 0.1) is 6.92 Å². The van der Waals surface area contributed by atoms with Crippen LogP contribution in [-0.2, 0) is 4.74 Å². The number of hydrogen-bond donors (Lipinski definition) is 1. The molecule has 2 aromatic rings. The summed E-state index contributed by atoms with van der Waals surface area (Å²) in [5, 5.41) is 6.30. The van der Waals surface area contributed by atoms with Gasteiger partial charge in [-0.15, -0.1) is 5.10 Å². The highest BCUT2D eigenvalue weighted by Gasteiger charge is 2.35. The van der Waals surface area contributed by atoms with Crippen LogP contribution in [0.5, 0.6) is 5.75 Å². The Kier molecular flexibility index (Phi) is 4.88. The Hall–Kier alpha value is -3.48. The number of nitrogens with zero attached hydrogens (tertiary/aromatic N) is 4. The van der Waals surface area contributed by atoms with Crippen LogP contribution in [-0.4, -0.2) is 55.5 Å². The monoisotopic (exact) mass is 391 g/mol. The van der Waals surface area contributed by atoms with Crippen molar-refractivity contribution >= 4 is 11.6 Å². The molecule has 0 fully saturated rings. The average molecular weight is 391 g/mol. The number of para-hydroxylation sites is 1. The molecular formula is C22H25N5O2. The number of aliphatic imine (C=N–C) groups is 1. The van der Waals surface area contributed by atoms with Crippen LogP contribution in [0.1, 0.15) is 16.7 Å². The van der Waals surface area contributed by atoms with Gasteiger partial charge in [0.05, 0.1) is 24.9 Å². The Labute approximate surface area is 170 Å². The fourth-order valence-corrected chi connectivity index (χ4v) is 3.40. The highest BCUT2D eigenvalue weighted by molar-refractivity contribution is 6.03. The van der Waals surface area contributed by atoms with E-state index in [2.05, 4.69) is 36.3 Å². The maximum atomic E-state index is 6.39. The second-order valence-corrected chi connectivity index (χ2v) is 7.20. The van der Waals surface area contributed by atoms with Gasteiger partial charge in [0.2, 0.25) is 12.1 Å². The number of methoxy groups -OCH3 is 1. The van der Waals surface area contributed by atoms with Gasteiger partial charge in [-0.3, -0.25) is 5.01 Å². The zero-order valence-electron chi connectivity index (χ0n) is 17.1. The maximum Gasteiger partial charge on any atom is 0.244 e. The lowest BCUT2D eigenvalue weighted by Gasteiger charge is -2.30. The van der Waals surface area contributed by atoms with Gasteiger partial charge in [0.25, 0.3) is 0 Å². The molecule has 0 radical (unpaired) electrons. The highest BCUT2D eigenvalue weighted by Crippen LogP contribution is 2.29. The van der Waals surface area contributed by atoms with E-state index in [0.29, 0.717) is 29.7 Å². The number of aryl methyl sites for hydroxylation is 1. The molecule has 7 nitrogen and oxygen atoms in total. The van der Waals surface area contributed by atoms with Gasteiger partial charge in [-0.05, 0) is 24.6 Å². The SMILES string of the molecule is COc1ccccc1C1=NN(C)C(C2=C(N)N(C)CC(c3ccc(C)cc3)=N2)O1. The number of hydrazone groups is 1. The van der Waals surface area contributed by atoms with E-state index in [0.717, 1.165) is 16.8 Å². The summed E-state index contributed by atoms with van der Waals surface area (Å²) in [6.07, 6.45) is -0.516. The van der Waals surface area contributed by atoms with Crippen molar-refractivity contribution in [3.05, 3.63) is 76.7 Å². The molecule has 2 aliphatic rings. The van der Waals surface area contributed by atoms with E-state index in [1.165, 1.54) is 5.56 Å². The van der Waals surface area contributed by atoms with Gasteiger partial charge in [-0.2, -0.15) is 0 Å². The lowest BCUT2D eigenvalue weighted by atomic mass is 10.1. The van der Waals surface area contributed by atoms with E-state index in [9.17, 15) is 0 Å². The van der Waals surface area contributed by atoms with Crippen LogP contribution in [0.25, 0.3) is 0 Å². The minimum atomic E-state index is -0.516. The second kappa shape index (κ2) is 7.50. The molecule has 7 heteroatoms. The number of nitrogens with two attached hydrogens (primary N) is 1. The molecule has 2 N–H and O–H groups in total. The predicted molar refractivity (Wildman–Crippen MR) is 114 cm³/mol. The third-order valence-electron chi connectivity index (χ3n) is 5.08. The molecule has 0 spiro atoms. The Bertz CT molecular complexity index is 1010. The Morgan fingerprint density at radius 2 is 1.83 bits per heavy atom. The first-order valence-electron chi connectivity index (χ1n) is 9.45. The molecule has 0 aromatic heterocycles. The molecule has 29 heavy (non-hydrogen) atoms. The smallest absolute Gasteiger partial charge is 0.244 e. The molecule has 0 amide bonds. The number of ether oxygens (including phenoxy) is 2. The average Bonchev–Trinajstić information content (AvgIpc) is 3.11. The van der Waals surface area contributed by atoms with Crippen molar-refractivity contribution in [2.75, 3.05) is 27.7 Å². The summed E-state index contributed by atoms with van der Waals surface area (Å²) in [4.78, 5) is 6.86. The van der Waals surface area contributed by atoms with Crippen molar-refractivity contribution in [3.63, 3.8) is 0 Å². The molecule has 150 valence electrons. The van der Waals surface area contributed by atoms with E-state index >= 15 is 0 Å². The van der Waals surface area contributed by atoms with Crippen LogP contribution >= 0.6 is 0 Å². The number of benzene rings is 2. The lowest BCUT2D eigenvalue weighted by molar-refractivity contribution is 0.106. The molecule has 1 atom stereocenters. The van der Waals surface area contributed by atoms with Crippen molar-refractivity contribution in [1.82, 2.24) is 9.91 Å². The third kappa shape index (κ3) is 3.51. The first-order valence-corrected chi connectivity index (χ1v) is 9.45. The first-order chi connectivity index (χ1) is 14.0. The summed E-state index contributed by atoms with van der Waals surface area (Å²) in [5.74, 6) is 1.76. The molecule has 2 heterocycles. The molecule has 0 bridgehead atoms. The fraction of sp³-hybridized carbons (Fsp3) is 0.273. The van der Waals surface area contributed by atoms with E-state index in [4.69, 9.17) is 20.2 Å². The van der Waals surface area contributed by atoms with Gasteiger partial charge in [0.15, 0.2) is 0 Å². The van der Waals surface area contributed by atoms with Crippen molar-refractivity contribution in [2.24, 2.45) is 15.8 Å². The fourth-order valence-electron chi connectivity index (χ4n) is 3.40. The molecule has 0 aliphatic carbocycles. The number of likely N-dealkylation sites (N-methyl/N-ethyl adjacent to an activating group) is 2. The molecule has 4 rings (SSSR count). The van der Waals surface area contributed by atoms with Gasteiger partial charge in [0, 0.05) is 14.1 Å². The van der Waals surface area contributed by atoms with Crippen LogP contribution in [0.15, 0.2) is 70.1 Å². The first kappa shape index (κ1) is 18.9. The van der Waals surface area contributed by atoms with Crippen LogP contribution in [0.3, 0.4) is 0 Å². The molecule has 2 aromatic carbocycles. The van der Waals surface area contributed by atoms with Crippen LogP contribution in [0.2, 0.25) is 0 Å². The topological polar surface area (TPSA) is 75.7 Å².